The maximum atomic E-state index is 12.7. The van der Waals surface area contributed by atoms with Crippen LogP contribution in [0.2, 0.25) is 5.02 Å². The highest BCUT2D eigenvalue weighted by molar-refractivity contribution is 6.32. The normalized spacial score (nSPS) is 11.6. The Morgan fingerprint density at radius 3 is 2.04 bits per heavy atom. The van der Waals surface area contributed by atoms with E-state index >= 15 is 0 Å². The number of benzene rings is 3. The Bertz CT molecular complexity index is 944. The van der Waals surface area contributed by atoms with Crippen molar-refractivity contribution in [1.82, 2.24) is 5.32 Å². The van der Waals surface area contributed by atoms with Crippen LogP contribution in [0.15, 0.2) is 78.9 Å². The summed E-state index contributed by atoms with van der Waals surface area (Å²) in [7, 11) is 0. The van der Waals surface area contributed by atoms with Gasteiger partial charge in [0.1, 0.15) is 6.07 Å². The van der Waals surface area contributed by atoms with E-state index in [4.69, 9.17) is 16.9 Å². The van der Waals surface area contributed by atoms with Gasteiger partial charge in [-0.25, -0.2) is 0 Å². The molecule has 0 aliphatic rings. The smallest absolute Gasteiger partial charge is 0.241 e. The predicted octanol–water partition coefficient (Wildman–Crippen LogP) is 4.92. The first-order valence-corrected chi connectivity index (χ1v) is 9.32. The second kappa shape index (κ2) is 9.18. The summed E-state index contributed by atoms with van der Waals surface area (Å²) in [5, 5.41) is 15.5. The van der Waals surface area contributed by atoms with Crippen LogP contribution in [0.5, 0.6) is 0 Å². The van der Waals surface area contributed by atoms with E-state index in [1.54, 1.807) is 18.2 Å². The second-order valence-electron chi connectivity index (χ2n) is 6.44. The van der Waals surface area contributed by atoms with Crippen LogP contribution in [-0.4, -0.2) is 11.9 Å². The maximum Gasteiger partial charge on any atom is 0.241 e. The lowest BCUT2D eigenvalue weighted by molar-refractivity contribution is -0.117. The van der Waals surface area contributed by atoms with Crippen molar-refractivity contribution in [3.8, 4) is 6.07 Å². The molecule has 4 nitrogen and oxygen atoms in total. The summed E-state index contributed by atoms with van der Waals surface area (Å²) < 4.78 is 0. The lowest BCUT2D eigenvalue weighted by atomic mass is 9.98. The van der Waals surface area contributed by atoms with E-state index in [0.717, 1.165) is 11.1 Å². The van der Waals surface area contributed by atoms with Crippen molar-refractivity contribution < 1.29 is 4.79 Å². The summed E-state index contributed by atoms with van der Waals surface area (Å²) >= 11 is 6.05. The van der Waals surface area contributed by atoms with Crippen LogP contribution in [0, 0.1) is 11.3 Å². The number of rotatable bonds is 6. The number of hydrogen-bond donors (Lipinski definition) is 2. The fourth-order valence-corrected chi connectivity index (χ4v) is 3.16. The molecule has 3 rings (SSSR count). The topological polar surface area (TPSA) is 64.9 Å². The van der Waals surface area contributed by atoms with E-state index < -0.39 is 6.04 Å². The minimum absolute atomic E-state index is 0.118. The van der Waals surface area contributed by atoms with Crippen LogP contribution >= 0.6 is 11.6 Å². The predicted molar refractivity (Wildman–Crippen MR) is 112 cm³/mol. The van der Waals surface area contributed by atoms with E-state index in [0.29, 0.717) is 16.3 Å². The van der Waals surface area contributed by atoms with E-state index in [1.165, 1.54) is 0 Å². The van der Waals surface area contributed by atoms with Gasteiger partial charge in [0.25, 0.3) is 0 Å². The molecule has 3 aromatic carbocycles. The van der Waals surface area contributed by atoms with Crippen molar-refractivity contribution in [2.75, 3.05) is 5.32 Å². The van der Waals surface area contributed by atoms with Crippen LogP contribution < -0.4 is 10.6 Å². The van der Waals surface area contributed by atoms with Crippen molar-refractivity contribution in [2.24, 2.45) is 0 Å². The first-order chi connectivity index (χ1) is 13.6. The second-order valence-corrected chi connectivity index (χ2v) is 6.85. The van der Waals surface area contributed by atoms with E-state index in [-0.39, 0.29) is 11.9 Å². The number of halogens is 1. The number of carbonyl (C=O) groups excluding carboxylic acids is 1. The van der Waals surface area contributed by atoms with Gasteiger partial charge in [0.15, 0.2) is 0 Å². The van der Waals surface area contributed by atoms with Crippen molar-refractivity contribution >= 4 is 23.2 Å². The number of nitrogens with one attached hydrogen (secondary N) is 2. The van der Waals surface area contributed by atoms with Gasteiger partial charge in [-0.1, -0.05) is 72.3 Å². The monoisotopic (exact) mass is 389 g/mol. The van der Waals surface area contributed by atoms with Crippen LogP contribution in [0.3, 0.4) is 0 Å². The Hall–Kier alpha value is -3.13. The zero-order valence-corrected chi connectivity index (χ0v) is 16.1. The average molecular weight is 390 g/mol. The zero-order valence-electron chi connectivity index (χ0n) is 15.4. The van der Waals surface area contributed by atoms with E-state index in [2.05, 4.69) is 10.6 Å². The molecule has 0 aliphatic carbocycles. The minimum Gasteiger partial charge on any atom is -0.325 e. The number of nitriles is 1. The van der Waals surface area contributed by atoms with E-state index in [1.807, 2.05) is 73.7 Å². The van der Waals surface area contributed by atoms with Gasteiger partial charge < -0.3 is 5.32 Å². The third-order valence-corrected chi connectivity index (χ3v) is 4.75. The van der Waals surface area contributed by atoms with Gasteiger partial charge in [0.2, 0.25) is 5.91 Å². The van der Waals surface area contributed by atoms with Crippen molar-refractivity contribution in [3.63, 3.8) is 0 Å². The molecule has 140 valence electrons. The van der Waals surface area contributed by atoms with Crippen molar-refractivity contribution in [1.29, 1.82) is 5.26 Å². The number of hydrogen-bond acceptors (Lipinski definition) is 3. The molecule has 5 heteroatoms. The molecule has 1 unspecified atom stereocenters. The Kier molecular flexibility index (Phi) is 6.44. The number of nitrogens with zero attached hydrogens (tertiary/aromatic N) is 1. The fraction of sp³-hybridized carbons (Fsp3) is 0.130. The number of anilines is 1. The molecule has 0 radical (unpaired) electrons. The summed E-state index contributed by atoms with van der Waals surface area (Å²) in [6.45, 7) is 1.82. The molecule has 0 bridgehead atoms. The Morgan fingerprint density at radius 2 is 1.54 bits per heavy atom. The highest BCUT2D eigenvalue weighted by Crippen LogP contribution is 2.23. The average Bonchev–Trinajstić information content (AvgIpc) is 2.73. The molecule has 3 aromatic rings. The molecule has 0 saturated carbocycles. The molecule has 0 fully saturated rings. The lowest BCUT2D eigenvalue weighted by Gasteiger charge is -2.24. The zero-order chi connectivity index (χ0) is 19.9. The van der Waals surface area contributed by atoms with Crippen LogP contribution in [0.4, 0.5) is 5.69 Å². The molecular formula is C23H20ClN3O. The van der Waals surface area contributed by atoms with Crippen LogP contribution in [-0.2, 0) is 4.79 Å². The van der Waals surface area contributed by atoms with Gasteiger partial charge in [-0.05, 0) is 36.2 Å². The molecule has 0 aromatic heterocycles. The fourth-order valence-electron chi connectivity index (χ4n) is 2.94. The largest absolute Gasteiger partial charge is 0.325 e. The quantitative estimate of drug-likeness (QED) is 0.629. The standard InChI is InChI=1S/C23H20ClN3O/c1-16(23(28)27-20-13-12-19(15-25)21(24)14-20)26-22(17-8-4-2-5-9-17)18-10-6-3-7-11-18/h2-14,16,22,26H,1H3,(H,27,28). The van der Waals surface area contributed by atoms with E-state index in [9.17, 15) is 4.79 Å². The molecule has 1 atom stereocenters. The summed E-state index contributed by atoms with van der Waals surface area (Å²) in [5.41, 5.74) is 3.09. The molecule has 2 N–H and O–H groups in total. The molecule has 1 amide bonds. The van der Waals surface area contributed by atoms with Crippen LogP contribution in [0.1, 0.15) is 29.7 Å². The molecule has 0 spiro atoms. The lowest BCUT2D eigenvalue weighted by Crippen LogP contribution is -2.40. The van der Waals surface area contributed by atoms with Gasteiger partial charge in [-0.3, -0.25) is 10.1 Å². The van der Waals surface area contributed by atoms with Gasteiger partial charge in [-0.15, -0.1) is 0 Å². The summed E-state index contributed by atoms with van der Waals surface area (Å²) in [6, 6.07) is 26.3. The minimum atomic E-state index is -0.458. The first kappa shape index (κ1) is 19.6. The summed E-state index contributed by atoms with van der Waals surface area (Å²) in [6.07, 6.45) is 0. The van der Waals surface area contributed by atoms with Crippen molar-refractivity contribution in [2.45, 2.75) is 19.0 Å². The summed E-state index contributed by atoms with van der Waals surface area (Å²) in [5.74, 6) is -0.183. The SMILES string of the molecule is CC(NC(c1ccccc1)c1ccccc1)C(=O)Nc1ccc(C#N)c(Cl)c1. The molecule has 0 heterocycles. The number of carbonyl (C=O) groups is 1. The number of amides is 1. The summed E-state index contributed by atoms with van der Waals surface area (Å²) in [4.78, 5) is 12.7. The molecule has 28 heavy (non-hydrogen) atoms. The molecular weight excluding hydrogens is 370 g/mol. The third kappa shape index (κ3) is 4.77. The highest BCUT2D eigenvalue weighted by Gasteiger charge is 2.21. The highest BCUT2D eigenvalue weighted by atomic mass is 35.5. The van der Waals surface area contributed by atoms with Crippen molar-refractivity contribution in [3.05, 3.63) is 101 Å². The molecule has 0 saturated heterocycles. The Balaban J connectivity index is 1.76. The van der Waals surface area contributed by atoms with Gasteiger partial charge in [0.05, 0.1) is 22.7 Å². The van der Waals surface area contributed by atoms with Gasteiger partial charge in [-0.2, -0.15) is 5.26 Å². The van der Waals surface area contributed by atoms with Crippen LogP contribution in [0.25, 0.3) is 0 Å². The molecule has 0 aliphatic heterocycles. The van der Waals surface area contributed by atoms with Gasteiger partial charge in [0, 0.05) is 5.69 Å². The third-order valence-electron chi connectivity index (χ3n) is 4.43. The van der Waals surface area contributed by atoms with Gasteiger partial charge >= 0.3 is 0 Å². The maximum absolute atomic E-state index is 12.7. The first-order valence-electron chi connectivity index (χ1n) is 8.95. The Morgan fingerprint density at radius 1 is 0.964 bits per heavy atom. The Labute approximate surface area is 169 Å².